The summed E-state index contributed by atoms with van der Waals surface area (Å²) in [5.41, 5.74) is -0.737. The van der Waals surface area contributed by atoms with Crippen LogP contribution in [0.25, 0.3) is 0 Å². The largest absolute Gasteiger partial charge is 0.480 e. The molecule has 0 aliphatic heterocycles. The normalized spacial score (nSPS) is 21.2. The summed E-state index contributed by atoms with van der Waals surface area (Å²) in [4.78, 5) is 11.4. The Morgan fingerprint density at radius 1 is 1.44 bits per heavy atom. The minimum Gasteiger partial charge on any atom is -0.480 e. The number of aliphatic carboxylic acids is 1. The third kappa shape index (κ3) is 3.78. The van der Waals surface area contributed by atoms with Crippen molar-refractivity contribution in [2.75, 3.05) is 0 Å². The average Bonchev–Trinajstić information content (AvgIpc) is 2.67. The topological polar surface area (TPSA) is 49.3 Å². The predicted octanol–water partition coefficient (Wildman–Crippen LogP) is 2.80. The van der Waals surface area contributed by atoms with E-state index in [4.69, 9.17) is 0 Å². The Balaban J connectivity index is 2.52. The lowest BCUT2D eigenvalue weighted by molar-refractivity contribution is -0.145. The zero-order valence-corrected chi connectivity index (χ0v) is 10.8. The second kappa shape index (κ2) is 5.67. The van der Waals surface area contributed by atoms with Crippen molar-refractivity contribution in [1.82, 2.24) is 5.32 Å². The number of rotatable bonds is 6. The Morgan fingerprint density at radius 2 is 2.00 bits per heavy atom. The number of carboxylic acids is 1. The molecule has 1 aliphatic carbocycles. The standard InChI is InChI=1S/C13H25NO2/c1-10(2)8-9-13(3,12(15)16)14-11-6-4-5-7-11/h10-11,14H,4-9H2,1-3H3,(H,15,16). The Hall–Kier alpha value is -0.570. The molecule has 2 N–H and O–H groups in total. The van der Waals surface area contributed by atoms with Gasteiger partial charge in [-0.1, -0.05) is 26.7 Å². The number of nitrogens with one attached hydrogen (secondary N) is 1. The molecule has 1 atom stereocenters. The lowest BCUT2D eigenvalue weighted by atomic mass is 9.91. The Bertz CT molecular complexity index is 234. The summed E-state index contributed by atoms with van der Waals surface area (Å²) in [7, 11) is 0. The molecule has 3 nitrogen and oxygen atoms in total. The van der Waals surface area contributed by atoms with Crippen LogP contribution in [-0.2, 0) is 4.79 Å². The van der Waals surface area contributed by atoms with Gasteiger partial charge in [-0.2, -0.15) is 0 Å². The van der Waals surface area contributed by atoms with Gasteiger partial charge in [-0.25, -0.2) is 0 Å². The second-order valence-electron chi connectivity index (χ2n) is 5.70. The van der Waals surface area contributed by atoms with Crippen molar-refractivity contribution in [3.8, 4) is 0 Å². The summed E-state index contributed by atoms with van der Waals surface area (Å²) in [6.07, 6.45) is 6.41. The molecule has 0 radical (unpaired) electrons. The highest BCUT2D eigenvalue weighted by atomic mass is 16.4. The van der Waals surface area contributed by atoms with Gasteiger partial charge >= 0.3 is 5.97 Å². The van der Waals surface area contributed by atoms with E-state index in [2.05, 4.69) is 19.2 Å². The first kappa shape index (κ1) is 13.5. The summed E-state index contributed by atoms with van der Waals surface area (Å²) < 4.78 is 0. The first-order valence-corrected chi connectivity index (χ1v) is 6.45. The lowest BCUT2D eigenvalue weighted by Crippen LogP contribution is -2.53. The predicted molar refractivity (Wildman–Crippen MR) is 65.5 cm³/mol. The molecule has 0 amide bonds. The Morgan fingerprint density at radius 3 is 2.44 bits per heavy atom. The molecular weight excluding hydrogens is 202 g/mol. The third-order valence-electron chi connectivity index (χ3n) is 3.57. The summed E-state index contributed by atoms with van der Waals surface area (Å²) in [5, 5.41) is 12.7. The Kier molecular flexibility index (Phi) is 4.78. The highest BCUT2D eigenvalue weighted by molar-refractivity contribution is 5.78. The van der Waals surface area contributed by atoms with Crippen LogP contribution in [0.4, 0.5) is 0 Å². The van der Waals surface area contributed by atoms with E-state index in [1.54, 1.807) is 0 Å². The highest BCUT2D eigenvalue weighted by Crippen LogP contribution is 2.24. The fraction of sp³-hybridized carbons (Fsp3) is 0.923. The quantitative estimate of drug-likeness (QED) is 0.733. The minimum absolute atomic E-state index is 0.410. The van der Waals surface area contributed by atoms with E-state index < -0.39 is 11.5 Å². The number of hydrogen-bond donors (Lipinski definition) is 2. The van der Waals surface area contributed by atoms with E-state index >= 15 is 0 Å². The maximum absolute atomic E-state index is 11.4. The van der Waals surface area contributed by atoms with Crippen molar-refractivity contribution in [2.45, 2.75) is 70.9 Å². The molecule has 0 spiro atoms. The van der Waals surface area contributed by atoms with Crippen LogP contribution in [0, 0.1) is 5.92 Å². The molecule has 0 heterocycles. The molecule has 16 heavy (non-hydrogen) atoms. The van der Waals surface area contributed by atoms with Crippen LogP contribution in [0.1, 0.15) is 59.3 Å². The van der Waals surface area contributed by atoms with Gasteiger partial charge in [-0.05, 0) is 38.5 Å². The smallest absolute Gasteiger partial charge is 0.323 e. The van der Waals surface area contributed by atoms with E-state index in [0.29, 0.717) is 12.0 Å². The first-order chi connectivity index (χ1) is 7.44. The van der Waals surface area contributed by atoms with Crippen molar-refractivity contribution in [2.24, 2.45) is 5.92 Å². The average molecular weight is 227 g/mol. The monoisotopic (exact) mass is 227 g/mol. The molecule has 0 aromatic carbocycles. The molecule has 0 aromatic rings. The van der Waals surface area contributed by atoms with Gasteiger partial charge in [0.1, 0.15) is 5.54 Å². The van der Waals surface area contributed by atoms with E-state index in [-0.39, 0.29) is 0 Å². The van der Waals surface area contributed by atoms with Crippen LogP contribution in [0.5, 0.6) is 0 Å². The third-order valence-corrected chi connectivity index (χ3v) is 3.57. The molecule has 1 fully saturated rings. The molecule has 1 aliphatic rings. The first-order valence-electron chi connectivity index (χ1n) is 6.45. The van der Waals surface area contributed by atoms with Crippen molar-refractivity contribution in [3.05, 3.63) is 0 Å². The van der Waals surface area contributed by atoms with Crippen molar-refractivity contribution < 1.29 is 9.90 Å². The molecule has 0 saturated heterocycles. The minimum atomic E-state index is -0.737. The van der Waals surface area contributed by atoms with Gasteiger partial charge in [0.15, 0.2) is 0 Å². The summed E-state index contributed by atoms with van der Waals surface area (Å²) in [6.45, 7) is 6.10. The van der Waals surface area contributed by atoms with Crippen LogP contribution >= 0.6 is 0 Å². The molecule has 1 rings (SSSR count). The molecule has 0 aromatic heterocycles. The maximum Gasteiger partial charge on any atom is 0.323 e. The zero-order chi connectivity index (χ0) is 12.2. The fourth-order valence-corrected chi connectivity index (χ4v) is 2.34. The van der Waals surface area contributed by atoms with Crippen molar-refractivity contribution >= 4 is 5.97 Å². The van der Waals surface area contributed by atoms with Crippen LogP contribution in [0.3, 0.4) is 0 Å². The maximum atomic E-state index is 11.4. The number of carbonyl (C=O) groups is 1. The van der Waals surface area contributed by atoms with E-state index in [9.17, 15) is 9.90 Å². The van der Waals surface area contributed by atoms with Gasteiger partial charge in [0.05, 0.1) is 0 Å². The molecule has 3 heteroatoms. The zero-order valence-electron chi connectivity index (χ0n) is 10.8. The van der Waals surface area contributed by atoms with Crippen LogP contribution < -0.4 is 5.32 Å². The van der Waals surface area contributed by atoms with Gasteiger partial charge in [0.25, 0.3) is 0 Å². The number of carboxylic acid groups (broad SMARTS) is 1. The van der Waals surface area contributed by atoms with Crippen LogP contribution in [0.15, 0.2) is 0 Å². The van der Waals surface area contributed by atoms with Gasteiger partial charge in [0.2, 0.25) is 0 Å². The van der Waals surface area contributed by atoms with E-state index in [0.717, 1.165) is 25.7 Å². The van der Waals surface area contributed by atoms with E-state index in [1.807, 2.05) is 6.92 Å². The summed E-state index contributed by atoms with van der Waals surface area (Å²) in [5.74, 6) is -0.149. The highest BCUT2D eigenvalue weighted by Gasteiger charge is 2.35. The second-order valence-corrected chi connectivity index (χ2v) is 5.70. The SMILES string of the molecule is CC(C)CCC(C)(NC1CCCC1)C(=O)O. The van der Waals surface area contributed by atoms with Crippen molar-refractivity contribution in [1.29, 1.82) is 0 Å². The van der Waals surface area contributed by atoms with Gasteiger partial charge in [-0.15, -0.1) is 0 Å². The van der Waals surface area contributed by atoms with Crippen LogP contribution in [-0.4, -0.2) is 22.7 Å². The molecular formula is C13H25NO2. The number of hydrogen-bond acceptors (Lipinski definition) is 2. The summed E-state index contributed by atoms with van der Waals surface area (Å²) in [6, 6.07) is 0.410. The van der Waals surface area contributed by atoms with Crippen LogP contribution in [0.2, 0.25) is 0 Å². The lowest BCUT2D eigenvalue weighted by Gasteiger charge is -2.30. The van der Waals surface area contributed by atoms with Gasteiger partial charge in [0, 0.05) is 6.04 Å². The van der Waals surface area contributed by atoms with Gasteiger partial charge < -0.3 is 5.11 Å². The van der Waals surface area contributed by atoms with Crippen molar-refractivity contribution in [3.63, 3.8) is 0 Å². The summed E-state index contributed by atoms with van der Waals surface area (Å²) >= 11 is 0. The fourth-order valence-electron chi connectivity index (χ4n) is 2.34. The molecule has 1 saturated carbocycles. The molecule has 94 valence electrons. The van der Waals surface area contributed by atoms with E-state index in [1.165, 1.54) is 12.8 Å². The molecule has 1 unspecified atom stereocenters. The van der Waals surface area contributed by atoms with Gasteiger partial charge in [-0.3, -0.25) is 10.1 Å². The molecule has 0 bridgehead atoms. The Labute approximate surface area is 98.6 Å².